The fourth-order valence-corrected chi connectivity index (χ4v) is 2.94. The summed E-state index contributed by atoms with van der Waals surface area (Å²) in [5.74, 6) is 0.305. The van der Waals surface area contributed by atoms with Crippen LogP contribution in [0.3, 0.4) is 0 Å². The van der Waals surface area contributed by atoms with Gasteiger partial charge in [0.15, 0.2) is 0 Å². The molecule has 120 valence electrons. The van der Waals surface area contributed by atoms with Gasteiger partial charge in [-0.05, 0) is 37.0 Å². The largest absolute Gasteiger partial charge is 0.416 e. The molecule has 1 atom stereocenters. The van der Waals surface area contributed by atoms with Gasteiger partial charge < -0.3 is 5.73 Å². The van der Waals surface area contributed by atoms with E-state index in [2.05, 4.69) is 4.72 Å². The zero-order valence-electron chi connectivity index (χ0n) is 10.9. The molecular weight excluding hydrogens is 329 g/mol. The van der Waals surface area contributed by atoms with E-state index in [1.807, 2.05) is 0 Å². The van der Waals surface area contributed by atoms with Crippen LogP contribution >= 0.6 is 12.4 Å². The summed E-state index contributed by atoms with van der Waals surface area (Å²) < 4.78 is 63.8. The Bertz CT molecular complexity index is 588. The van der Waals surface area contributed by atoms with Crippen LogP contribution in [0, 0.1) is 5.92 Å². The van der Waals surface area contributed by atoms with E-state index in [1.54, 1.807) is 0 Å². The van der Waals surface area contributed by atoms with Crippen molar-refractivity contribution in [1.29, 1.82) is 0 Å². The van der Waals surface area contributed by atoms with Crippen molar-refractivity contribution in [3.63, 3.8) is 0 Å². The SMILES string of the molecule is Cl.NC(CNS(=O)(=O)c1cccc(C(F)(F)F)c1)C1CC1. The molecule has 0 amide bonds. The van der Waals surface area contributed by atoms with Crippen molar-refractivity contribution in [2.45, 2.75) is 30.0 Å². The molecule has 0 aromatic heterocycles. The van der Waals surface area contributed by atoms with Crippen molar-refractivity contribution in [2.24, 2.45) is 11.7 Å². The van der Waals surface area contributed by atoms with Gasteiger partial charge in [-0.25, -0.2) is 13.1 Å². The number of halogens is 4. The molecule has 1 aliphatic rings. The third-order valence-electron chi connectivity index (χ3n) is 3.21. The van der Waals surface area contributed by atoms with Gasteiger partial charge in [-0.2, -0.15) is 13.2 Å². The van der Waals surface area contributed by atoms with Crippen LogP contribution in [0.2, 0.25) is 0 Å². The maximum Gasteiger partial charge on any atom is 0.416 e. The number of alkyl halides is 3. The molecule has 1 saturated carbocycles. The molecule has 1 aliphatic carbocycles. The van der Waals surface area contributed by atoms with Crippen LogP contribution in [0.5, 0.6) is 0 Å². The number of nitrogens with one attached hydrogen (secondary N) is 1. The Balaban J connectivity index is 0.00000220. The molecule has 0 heterocycles. The molecule has 4 nitrogen and oxygen atoms in total. The second-order valence-corrected chi connectivity index (χ2v) is 6.65. The zero-order valence-corrected chi connectivity index (χ0v) is 12.6. The van der Waals surface area contributed by atoms with Crippen LogP contribution < -0.4 is 10.5 Å². The maximum absolute atomic E-state index is 12.5. The Hall–Kier alpha value is -0.830. The van der Waals surface area contributed by atoms with Crippen LogP contribution in [0.1, 0.15) is 18.4 Å². The van der Waals surface area contributed by atoms with Gasteiger partial charge in [0.25, 0.3) is 0 Å². The average Bonchev–Trinajstić information content (AvgIpc) is 3.19. The molecule has 9 heteroatoms. The minimum absolute atomic E-state index is 0. The summed E-state index contributed by atoms with van der Waals surface area (Å²) in [5.41, 5.74) is 4.76. The Kier molecular flexibility index (Phi) is 5.65. The molecular formula is C12H16ClF3N2O2S. The highest BCUT2D eigenvalue weighted by atomic mass is 35.5. The quantitative estimate of drug-likeness (QED) is 0.859. The smallest absolute Gasteiger partial charge is 0.326 e. The number of hydrogen-bond acceptors (Lipinski definition) is 3. The van der Waals surface area contributed by atoms with Gasteiger partial charge in [-0.1, -0.05) is 6.07 Å². The first-order valence-corrected chi connectivity index (χ1v) is 7.61. The molecule has 1 aromatic carbocycles. The number of rotatable bonds is 5. The molecule has 3 N–H and O–H groups in total. The standard InChI is InChI=1S/C12H15F3N2O2S.ClH/c13-12(14,15)9-2-1-3-10(6-9)20(18,19)17-7-11(16)8-4-5-8;/h1-3,6,8,11,17H,4-5,7,16H2;1H. The summed E-state index contributed by atoms with van der Waals surface area (Å²) in [7, 11) is -3.97. The Morgan fingerprint density at radius 3 is 2.48 bits per heavy atom. The van der Waals surface area contributed by atoms with E-state index in [0.29, 0.717) is 12.0 Å². The Labute approximate surface area is 127 Å². The fourth-order valence-electron chi connectivity index (χ4n) is 1.82. The van der Waals surface area contributed by atoms with Gasteiger partial charge in [-0.3, -0.25) is 0 Å². The van der Waals surface area contributed by atoms with E-state index < -0.39 is 26.7 Å². The Morgan fingerprint density at radius 1 is 1.33 bits per heavy atom. The predicted octanol–water partition coefficient (Wildman–Crippen LogP) is 2.14. The molecule has 1 unspecified atom stereocenters. The third kappa shape index (κ3) is 4.84. The molecule has 0 aliphatic heterocycles. The number of nitrogens with two attached hydrogens (primary N) is 1. The molecule has 21 heavy (non-hydrogen) atoms. The monoisotopic (exact) mass is 344 g/mol. The highest BCUT2D eigenvalue weighted by molar-refractivity contribution is 7.89. The van der Waals surface area contributed by atoms with E-state index in [9.17, 15) is 21.6 Å². The number of benzene rings is 1. The van der Waals surface area contributed by atoms with E-state index in [1.165, 1.54) is 0 Å². The lowest BCUT2D eigenvalue weighted by atomic mass is 10.2. The summed E-state index contributed by atoms with van der Waals surface area (Å²) >= 11 is 0. The van der Waals surface area contributed by atoms with Crippen LogP contribution in [0.25, 0.3) is 0 Å². The predicted molar refractivity (Wildman–Crippen MR) is 74.6 cm³/mol. The highest BCUT2D eigenvalue weighted by Gasteiger charge is 2.32. The van der Waals surface area contributed by atoms with E-state index in [-0.39, 0.29) is 25.0 Å². The van der Waals surface area contributed by atoms with E-state index >= 15 is 0 Å². The van der Waals surface area contributed by atoms with Gasteiger partial charge >= 0.3 is 6.18 Å². The summed E-state index contributed by atoms with van der Waals surface area (Å²) in [6, 6.07) is 3.34. The first kappa shape index (κ1) is 18.2. The molecule has 0 spiro atoms. The summed E-state index contributed by atoms with van der Waals surface area (Å²) in [6.07, 6.45) is -2.64. The lowest BCUT2D eigenvalue weighted by Gasteiger charge is -2.13. The first-order valence-electron chi connectivity index (χ1n) is 6.12. The maximum atomic E-state index is 12.5. The summed E-state index contributed by atoms with van der Waals surface area (Å²) in [6.45, 7) is 0.0310. The second kappa shape index (κ2) is 6.51. The van der Waals surface area contributed by atoms with Crippen molar-refractivity contribution < 1.29 is 21.6 Å². The molecule has 1 fully saturated rings. The van der Waals surface area contributed by atoms with Gasteiger partial charge in [-0.15, -0.1) is 12.4 Å². The van der Waals surface area contributed by atoms with E-state index in [0.717, 1.165) is 31.0 Å². The minimum atomic E-state index is -4.57. The normalized spacial score (nSPS) is 17.1. The van der Waals surface area contributed by atoms with Gasteiger partial charge in [0.05, 0.1) is 10.5 Å². The molecule has 0 radical (unpaired) electrons. The number of sulfonamides is 1. The lowest BCUT2D eigenvalue weighted by molar-refractivity contribution is -0.137. The summed E-state index contributed by atoms with van der Waals surface area (Å²) in [4.78, 5) is -0.407. The fraction of sp³-hybridized carbons (Fsp3) is 0.500. The van der Waals surface area contributed by atoms with Gasteiger partial charge in [0.2, 0.25) is 10.0 Å². The van der Waals surface area contributed by atoms with Crippen molar-refractivity contribution in [2.75, 3.05) is 6.54 Å². The summed E-state index contributed by atoms with van der Waals surface area (Å²) in [5, 5.41) is 0. The van der Waals surface area contributed by atoms with Crippen molar-refractivity contribution in [3.8, 4) is 0 Å². The Morgan fingerprint density at radius 2 is 1.95 bits per heavy atom. The van der Waals surface area contributed by atoms with Crippen LogP contribution in [0.15, 0.2) is 29.2 Å². The van der Waals surface area contributed by atoms with Crippen molar-refractivity contribution in [3.05, 3.63) is 29.8 Å². The topological polar surface area (TPSA) is 72.2 Å². The van der Waals surface area contributed by atoms with Crippen LogP contribution in [-0.2, 0) is 16.2 Å². The van der Waals surface area contributed by atoms with Gasteiger partial charge in [0.1, 0.15) is 0 Å². The third-order valence-corrected chi connectivity index (χ3v) is 4.63. The average molecular weight is 345 g/mol. The minimum Gasteiger partial charge on any atom is -0.326 e. The number of hydrogen-bond donors (Lipinski definition) is 2. The zero-order chi connectivity index (χ0) is 15.0. The van der Waals surface area contributed by atoms with Gasteiger partial charge in [0, 0.05) is 12.6 Å². The molecule has 0 bridgehead atoms. The van der Waals surface area contributed by atoms with Crippen molar-refractivity contribution in [1.82, 2.24) is 4.72 Å². The van der Waals surface area contributed by atoms with Crippen LogP contribution in [-0.4, -0.2) is 21.0 Å². The second-order valence-electron chi connectivity index (χ2n) is 4.88. The highest BCUT2D eigenvalue weighted by Crippen LogP contribution is 2.32. The lowest BCUT2D eigenvalue weighted by Crippen LogP contribution is -2.38. The molecule has 1 aromatic rings. The molecule has 2 rings (SSSR count). The first-order chi connectivity index (χ1) is 9.20. The molecule has 0 saturated heterocycles. The van der Waals surface area contributed by atoms with Crippen molar-refractivity contribution >= 4 is 22.4 Å². The van der Waals surface area contributed by atoms with Crippen LogP contribution in [0.4, 0.5) is 13.2 Å². The van der Waals surface area contributed by atoms with E-state index in [4.69, 9.17) is 5.73 Å².